The van der Waals surface area contributed by atoms with Crippen molar-refractivity contribution in [2.24, 2.45) is 11.7 Å². The van der Waals surface area contributed by atoms with Crippen LogP contribution < -0.4 is 5.73 Å². The average Bonchev–Trinajstić information content (AvgIpc) is 2.24. The number of primary amides is 1. The SMILES string of the molecule is CC(C)CSc1nc(C(F)(F)F)ccc1C(N)=O. The van der Waals surface area contributed by atoms with Crippen molar-refractivity contribution in [2.75, 3.05) is 5.75 Å². The number of carbonyl (C=O) groups is 1. The molecule has 0 saturated carbocycles. The molecule has 0 spiro atoms. The van der Waals surface area contributed by atoms with Gasteiger partial charge < -0.3 is 5.73 Å². The van der Waals surface area contributed by atoms with Crippen LogP contribution in [0.15, 0.2) is 17.2 Å². The molecule has 1 aromatic heterocycles. The Hall–Kier alpha value is -1.24. The number of thioether (sulfide) groups is 1. The van der Waals surface area contributed by atoms with E-state index in [-0.39, 0.29) is 16.5 Å². The number of alkyl halides is 3. The number of nitrogens with two attached hydrogens (primary N) is 1. The molecular weight excluding hydrogens is 265 g/mol. The summed E-state index contributed by atoms with van der Waals surface area (Å²) in [7, 11) is 0. The summed E-state index contributed by atoms with van der Waals surface area (Å²) in [5.74, 6) is 0.0590. The van der Waals surface area contributed by atoms with E-state index in [1.807, 2.05) is 13.8 Å². The molecule has 18 heavy (non-hydrogen) atoms. The first-order valence-electron chi connectivity index (χ1n) is 5.22. The number of pyridine rings is 1. The lowest BCUT2D eigenvalue weighted by molar-refractivity contribution is -0.141. The van der Waals surface area contributed by atoms with Gasteiger partial charge >= 0.3 is 6.18 Å². The number of rotatable bonds is 4. The van der Waals surface area contributed by atoms with E-state index in [4.69, 9.17) is 5.73 Å². The van der Waals surface area contributed by atoms with Crippen LogP contribution in [0.25, 0.3) is 0 Å². The van der Waals surface area contributed by atoms with Crippen LogP contribution in [0, 0.1) is 5.92 Å². The molecule has 3 nitrogen and oxygen atoms in total. The van der Waals surface area contributed by atoms with Crippen LogP contribution in [-0.2, 0) is 6.18 Å². The van der Waals surface area contributed by atoms with Crippen molar-refractivity contribution in [3.8, 4) is 0 Å². The fourth-order valence-corrected chi connectivity index (χ4v) is 2.12. The third-order valence-corrected chi connectivity index (χ3v) is 3.39. The highest BCUT2D eigenvalue weighted by atomic mass is 32.2. The second-order valence-electron chi connectivity index (χ2n) is 4.12. The summed E-state index contributed by atoms with van der Waals surface area (Å²) in [5, 5.41) is 0.0334. The minimum atomic E-state index is -4.52. The van der Waals surface area contributed by atoms with Crippen molar-refractivity contribution in [3.05, 3.63) is 23.4 Å². The summed E-state index contributed by atoms with van der Waals surface area (Å²) in [6.07, 6.45) is -4.52. The molecule has 0 radical (unpaired) electrons. The standard InChI is InChI=1S/C11H13F3N2OS/c1-6(2)5-18-10-7(9(15)17)3-4-8(16-10)11(12,13)14/h3-4,6H,5H2,1-2H3,(H2,15,17). The van der Waals surface area contributed by atoms with Gasteiger partial charge in [-0.2, -0.15) is 13.2 Å². The lowest BCUT2D eigenvalue weighted by Crippen LogP contribution is -2.16. The molecule has 0 aliphatic rings. The molecular formula is C11H13F3N2OS. The fourth-order valence-electron chi connectivity index (χ4n) is 1.14. The number of hydrogen-bond acceptors (Lipinski definition) is 3. The van der Waals surface area contributed by atoms with Crippen molar-refractivity contribution in [1.29, 1.82) is 0 Å². The van der Waals surface area contributed by atoms with Crippen molar-refractivity contribution < 1.29 is 18.0 Å². The van der Waals surface area contributed by atoms with Gasteiger partial charge in [0.25, 0.3) is 5.91 Å². The first-order chi connectivity index (χ1) is 8.21. The summed E-state index contributed by atoms with van der Waals surface area (Å²) in [6.45, 7) is 3.84. The normalized spacial score (nSPS) is 11.9. The van der Waals surface area contributed by atoms with Gasteiger partial charge in [-0.15, -0.1) is 11.8 Å². The highest BCUT2D eigenvalue weighted by Crippen LogP contribution is 2.31. The maximum absolute atomic E-state index is 12.5. The van der Waals surface area contributed by atoms with E-state index in [2.05, 4.69) is 4.98 Å². The van der Waals surface area contributed by atoms with Gasteiger partial charge in [0.05, 0.1) is 5.56 Å². The van der Waals surface area contributed by atoms with E-state index in [9.17, 15) is 18.0 Å². The molecule has 7 heteroatoms. The molecule has 1 amide bonds. The molecule has 0 unspecified atom stereocenters. The molecule has 0 bridgehead atoms. The lowest BCUT2D eigenvalue weighted by atomic mass is 10.2. The van der Waals surface area contributed by atoms with Crippen LogP contribution >= 0.6 is 11.8 Å². The zero-order valence-corrected chi connectivity index (χ0v) is 10.7. The van der Waals surface area contributed by atoms with Crippen molar-refractivity contribution in [1.82, 2.24) is 4.98 Å². The summed E-state index contributed by atoms with van der Waals surface area (Å²) >= 11 is 1.10. The van der Waals surface area contributed by atoms with E-state index < -0.39 is 17.8 Å². The molecule has 100 valence electrons. The van der Waals surface area contributed by atoms with Crippen LogP contribution in [0.5, 0.6) is 0 Å². The van der Waals surface area contributed by atoms with E-state index in [0.717, 1.165) is 23.9 Å². The molecule has 1 rings (SSSR count). The molecule has 1 heterocycles. The zero-order valence-electron chi connectivity index (χ0n) is 9.91. The van der Waals surface area contributed by atoms with Crippen molar-refractivity contribution in [3.63, 3.8) is 0 Å². The van der Waals surface area contributed by atoms with Gasteiger partial charge in [-0.25, -0.2) is 4.98 Å². The van der Waals surface area contributed by atoms with Crippen LogP contribution in [0.2, 0.25) is 0 Å². The molecule has 0 saturated heterocycles. The van der Waals surface area contributed by atoms with Gasteiger partial charge in [0, 0.05) is 5.75 Å². The minimum absolute atomic E-state index is 0.0219. The number of amides is 1. The van der Waals surface area contributed by atoms with E-state index in [1.165, 1.54) is 0 Å². The predicted octanol–water partition coefficient (Wildman–Crippen LogP) is 2.95. The minimum Gasteiger partial charge on any atom is -0.366 e. The smallest absolute Gasteiger partial charge is 0.366 e. The summed E-state index contributed by atoms with van der Waals surface area (Å²) in [4.78, 5) is 14.6. The second-order valence-corrected chi connectivity index (χ2v) is 5.12. The van der Waals surface area contributed by atoms with Gasteiger partial charge in [-0.1, -0.05) is 13.8 Å². The molecule has 2 N–H and O–H groups in total. The molecule has 0 fully saturated rings. The van der Waals surface area contributed by atoms with E-state index in [0.29, 0.717) is 5.75 Å². The monoisotopic (exact) mass is 278 g/mol. The first-order valence-corrected chi connectivity index (χ1v) is 6.21. The number of hydrogen-bond donors (Lipinski definition) is 1. The zero-order chi connectivity index (χ0) is 13.9. The topological polar surface area (TPSA) is 56.0 Å². The molecule has 0 atom stereocenters. The van der Waals surface area contributed by atoms with Crippen molar-refractivity contribution in [2.45, 2.75) is 25.0 Å². The van der Waals surface area contributed by atoms with Crippen LogP contribution in [0.3, 0.4) is 0 Å². The Morgan fingerprint density at radius 3 is 2.50 bits per heavy atom. The number of halogens is 3. The van der Waals surface area contributed by atoms with Gasteiger partial charge in [-0.3, -0.25) is 4.79 Å². The Morgan fingerprint density at radius 1 is 1.44 bits per heavy atom. The average molecular weight is 278 g/mol. The second kappa shape index (κ2) is 5.60. The summed E-state index contributed by atoms with van der Waals surface area (Å²) in [6, 6.07) is 1.83. The van der Waals surface area contributed by atoms with E-state index in [1.54, 1.807) is 0 Å². The van der Waals surface area contributed by atoms with Gasteiger partial charge in [0.15, 0.2) is 0 Å². The summed E-state index contributed by atoms with van der Waals surface area (Å²) in [5.41, 5.74) is 4.11. The predicted molar refractivity (Wildman–Crippen MR) is 63.3 cm³/mol. The highest BCUT2D eigenvalue weighted by Gasteiger charge is 2.33. The van der Waals surface area contributed by atoms with Gasteiger partial charge in [-0.05, 0) is 18.1 Å². The Balaban J connectivity index is 3.12. The van der Waals surface area contributed by atoms with Crippen LogP contribution in [0.1, 0.15) is 29.9 Å². The Bertz CT molecular complexity index is 446. The Kier molecular flexibility index (Phi) is 4.61. The number of aromatic nitrogens is 1. The molecule has 0 aromatic carbocycles. The highest BCUT2D eigenvalue weighted by molar-refractivity contribution is 7.99. The number of nitrogens with zero attached hydrogens (tertiary/aromatic N) is 1. The van der Waals surface area contributed by atoms with Crippen LogP contribution in [-0.4, -0.2) is 16.6 Å². The van der Waals surface area contributed by atoms with Gasteiger partial charge in [0.2, 0.25) is 0 Å². The molecule has 0 aliphatic heterocycles. The maximum Gasteiger partial charge on any atom is 0.433 e. The Morgan fingerprint density at radius 2 is 2.06 bits per heavy atom. The van der Waals surface area contributed by atoms with Crippen LogP contribution in [0.4, 0.5) is 13.2 Å². The van der Waals surface area contributed by atoms with Crippen molar-refractivity contribution >= 4 is 17.7 Å². The molecule has 1 aromatic rings. The lowest BCUT2D eigenvalue weighted by Gasteiger charge is -2.11. The third-order valence-electron chi connectivity index (χ3n) is 1.97. The fraction of sp³-hybridized carbons (Fsp3) is 0.455. The third kappa shape index (κ3) is 3.90. The quantitative estimate of drug-likeness (QED) is 0.861. The molecule has 0 aliphatic carbocycles. The maximum atomic E-state index is 12.5. The number of carbonyl (C=O) groups excluding carboxylic acids is 1. The largest absolute Gasteiger partial charge is 0.433 e. The van der Waals surface area contributed by atoms with Gasteiger partial charge in [0.1, 0.15) is 10.7 Å². The summed E-state index contributed by atoms with van der Waals surface area (Å²) < 4.78 is 37.5. The van der Waals surface area contributed by atoms with E-state index >= 15 is 0 Å². The first kappa shape index (κ1) is 14.8. The Labute approximate surface area is 107 Å².